The minimum absolute atomic E-state index is 0.131. The molecule has 0 aromatic rings. The molecule has 0 saturated carbocycles. The summed E-state index contributed by atoms with van der Waals surface area (Å²) < 4.78 is 20.5. The molecule has 0 aromatic heterocycles. The zero-order valence-electron chi connectivity index (χ0n) is 6.84. The van der Waals surface area contributed by atoms with Crippen LogP contribution in [0.4, 0.5) is 0 Å². The first-order valence-corrected chi connectivity index (χ1v) is 5.55. The van der Waals surface area contributed by atoms with Gasteiger partial charge in [0.2, 0.25) is 0 Å². The van der Waals surface area contributed by atoms with Crippen LogP contribution in [0.25, 0.3) is 0 Å². The minimum Gasteiger partial charge on any atom is -0.384 e. The SMILES string of the molecule is B[C@H]1C[C@@H](OCP(=O)(O)O)CO1. The zero-order chi connectivity index (χ0) is 9.19. The smallest absolute Gasteiger partial charge is 0.350 e. The van der Waals surface area contributed by atoms with E-state index in [0.29, 0.717) is 13.0 Å². The standard InChI is InChI=1S/C5H12BO5P/c6-5-1-4(2-10-5)11-3-12(7,8)9/h4-5H,1-3,6H2,(H2,7,8,9)/t4-,5-/m1/s1. The Kier molecular flexibility index (Phi) is 3.32. The van der Waals surface area contributed by atoms with Crippen LogP contribution in [0.3, 0.4) is 0 Å². The van der Waals surface area contributed by atoms with Crippen LogP contribution >= 0.6 is 7.60 Å². The first-order chi connectivity index (χ1) is 5.47. The third-order valence-corrected chi connectivity index (χ3v) is 2.13. The molecule has 2 atom stereocenters. The molecular weight excluding hydrogens is 182 g/mol. The fraction of sp³-hybridized carbons (Fsp3) is 1.00. The van der Waals surface area contributed by atoms with Crippen LogP contribution < -0.4 is 0 Å². The molecule has 0 aliphatic carbocycles. The molecule has 1 saturated heterocycles. The molecule has 0 amide bonds. The maximum absolute atomic E-state index is 10.4. The third kappa shape index (κ3) is 3.69. The number of rotatable bonds is 3. The van der Waals surface area contributed by atoms with E-state index in [4.69, 9.17) is 19.3 Å². The summed E-state index contributed by atoms with van der Waals surface area (Å²) in [5, 5.41) is 0. The molecule has 1 rings (SSSR count). The summed E-state index contributed by atoms with van der Waals surface area (Å²) in [6, 6.07) is 0.131. The van der Waals surface area contributed by atoms with E-state index in [1.807, 2.05) is 7.85 Å². The Bertz CT molecular complexity index is 192. The van der Waals surface area contributed by atoms with Gasteiger partial charge >= 0.3 is 7.60 Å². The Morgan fingerprint density at radius 1 is 1.67 bits per heavy atom. The molecule has 7 heteroatoms. The molecule has 1 fully saturated rings. The number of hydrogen-bond acceptors (Lipinski definition) is 3. The Morgan fingerprint density at radius 3 is 2.75 bits per heavy atom. The molecule has 0 spiro atoms. The minimum atomic E-state index is -4.02. The average molecular weight is 194 g/mol. The summed E-state index contributed by atoms with van der Waals surface area (Å²) in [5.74, 6) is 0. The van der Waals surface area contributed by atoms with Gasteiger partial charge in [0, 0.05) is 6.00 Å². The summed E-state index contributed by atoms with van der Waals surface area (Å²) in [4.78, 5) is 17.0. The van der Waals surface area contributed by atoms with Gasteiger partial charge in [0.25, 0.3) is 0 Å². The summed E-state index contributed by atoms with van der Waals surface area (Å²) in [7, 11) is -2.11. The van der Waals surface area contributed by atoms with E-state index in [0.717, 1.165) is 0 Å². The first kappa shape index (κ1) is 10.2. The predicted molar refractivity (Wildman–Crippen MR) is 44.7 cm³/mol. The molecule has 2 N–H and O–H groups in total. The van der Waals surface area contributed by atoms with Gasteiger partial charge in [-0.15, -0.1) is 0 Å². The van der Waals surface area contributed by atoms with Crippen molar-refractivity contribution in [1.82, 2.24) is 0 Å². The van der Waals surface area contributed by atoms with Crippen molar-refractivity contribution in [1.29, 1.82) is 0 Å². The molecule has 5 nitrogen and oxygen atoms in total. The van der Waals surface area contributed by atoms with Crippen molar-refractivity contribution in [2.75, 3.05) is 13.0 Å². The van der Waals surface area contributed by atoms with Gasteiger partial charge < -0.3 is 19.3 Å². The lowest BCUT2D eigenvalue weighted by atomic mass is 9.97. The van der Waals surface area contributed by atoms with Crippen molar-refractivity contribution >= 4 is 15.4 Å². The van der Waals surface area contributed by atoms with Crippen LogP contribution in [0.2, 0.25) is 0 Å². The van der Waals surface area contributed by atoms with E-state index in [1.165, 1.54) is 0 Å². The maximum Gasteiger partial charge on any atom is 0.350 e. The average Bonchev–Trinajstić information content (AvgIpc) is 2.30. The second kappa shape index (κ2) is 3.90. The predicted octanol–water partition coefficient (Wildman–Crippen LogP) is -1.11. The summed E-state index contributed by atoms with van der Waals surface area (Å²) in [6.07, 6.45) is 0.0425. The highest BCUT2D eigenvalue weighted by Gasteiger charge is 2.25. The Morgan fingerprint density at radius 2 is 2.33 bits per heavy atom. The van der Waals surface area contributed by atoms with Crippen molar-refractivity contribution in [3.63, 3.8) is 0 Å². The molecule has 12 heavy (non-hydrogen) atoms. The second-order valence-electron chi connectivity index (χ2n) is 2.96. The Balaban J connectivity index is 2.21. The van der Waals surface area contributed by atoms with Crippen LogP contribution in [0.5, 0.6) is 0 Å². The highest BCUT2D eigenvalue weighted by Crippen LogP contribution is 2.35. The van der Waals surface area contributed by atoms with Crippen molar-refractivity contribution in [3.05, 3.63) is 0 Å². The number of hydrogen-bond donors (Lipinski definition) is 2. The van der Waals surface area contributed by atoms with Gasteiger partial charge in [-0.3, -0.25) is 4.57 Å². The van der Waals surface area contributed by atoms with Crippen molar-refractivity contribution in [3.8, 4) is 0 Å². The van der Waals surface area contributed by atoms with Crippen LogP contribution in [0.1, 0.15) is 6.42 Å². The molecule has 1 heterocycles. The van der Waals surface area contributed by atoms with E-state index in [2.05, 4.69) is 0 Å². The fourth-order valence-corrected chi connectivity index (χ4v) is 1.50. The highest BCUT2D eigenvalue weighted by molar-refractivity contribution is 7.51. The summed E-state index contributed by atoms with van der Waals surface area (Å²) in [5.41, 5.74) is 0. The van der Waals surface area contributed by atoms with Gasteiger partial charge in [-0.1, -0.05) is 0 Å². The van der Waals surface area contributed by atoms with Crippen LogP contribution in [0, 0.1) is 0 Å². The van der Waals surface area contributed by atoms with Gasteiger partial charge in [0.15, 0.2) is 0 Å². The normalized spacial score (nSPS) is 30.8. The third-order valence-electron chi connectivity index (χ3n) is 1.64. The maximum atomic E-state index is 10.4. The quantitative estimate of drug-likeness (QED) is 0.439. The molecular formula is C5H12BO5P. The summed E-state index contributed by atoms with van der Waals surface area (Å²) >= 11 is 0. The van der Waals surface area contributed by atoms with Crippen molar-refractivity contribution in [2.45, 2.75) is 18.5 Å². The van der Waals surface area contributed by atoms with Crippen molar-refractivity contribution in [2.24, 2.45) is 0 Å². The molecule has 0 aromatic carbocycles. The van der Waals surface area contributed by atoms with E-state index in [1.54, 1.807) is 0 Å². The molecule has 0 unspecified atom stereocenters. The lowest BCUT2D eigenvalue weighted by molar-refractivity contribution is 0.0593. The molecule has 1 aliphatic heterocycles. The van der Waals surface area contributed by atoms with E-state index in [-0.39, 0.29) is 12.1 Å². The Hall–Kier alpha value is 0.135. The fourth-order valence-electron chi connectivity index (χ4n) is 1.10. The van der Waals surface area contributed by atoms with Gasteiger partial charge in [0.1, 0.15) is 14.2 Å². The lowest BCUT2D eigenvalue weighted by Gasteiger charge is -2.10. The highest BCUT2D eigenvalue weighted by atomic mass is 31.2. The molecule has 0 bridgehead atoms. The zero-order valence-corrected chi connectivity index (χ0v) is 7.74. The molecule has 70 valence electrons. The topological polar surface area (TPSA) is 76.0 Å². The molecule has 1 aliphatic rings. The molecule has 0 radical (unpaired) electrons. The van der Waals surface area contributed by atoms with Crippen LogP contribution in [0.15, 0.2) is 0 Å². The van der Waals surface area contributed by atoms with Gasteiger partial charge in [-0.25, -0.2) is 0 Å². The largest absolute Gasteiger partial charge is 0.384 e. The van der Waals surface area contributed by atoms with E-state index in [9.17, 15) is 4.57 Å². The van der Waals surface area contributed by atoms with Gasteiger partial charge in [0.05, 0.1) is 12.7 Å². The van der Waals surface area contributed by atoms with Gasteiger partial charge in [-0.2, -0.15) is 0 Å². The van der Waals surface area contributed by atoms with Crippen LogP contribution in [-0.4, -0.2) is 42.7 Å². The monoisotopic (exact) mass is 194 g/mol. The first-order valence-electron chi connectivity index (χ1n) is 3.75. The second-order valence-corrected chi connectivity index (χ2v) is 4.55. The summed E-state index contributed by atoms with van der Waals surface area (Å²) in [6.45, 7) is 0.432. The van der Waals surface area contributed by atoms with Crippen LogP contribution in [-0.2, 0) is 14.0 Å². The van der Waals surface area contributed by atoms with E-state index >= 15 is 0 Å². The lowest BCUT2D eigenvalue weighted by Crippen LogP contribution is -2.13. The van der Waals surface area contributed by atoms with Crippen molar-refractivity contribution < 1.29 is 23.8 Å². The number of ether oxygens (including phenoxy) is 2. The Labute approximate surface area is 71.6 Å². The van der Waals surface area contributed by atoms with Gasteiger partial charge in [-0.05, 0) is 6.42 Å². The van der Waals surface area contributed by atoms with E-state index < -0.39 is 13.9 Å².